The molecule has 15 heavy (non-hydrogen) atoms. The molecule has 0 fully saturated rings. The first-order chi connectivity index (χ1) is 7.18. The number of hydrogen-bond acceptors (Lipinski definition) is 2. The highest BCUT2D eigenvalue weighted by atomic mass is 35.5. The van der Waals surface area contributed by atoms with Gasteiger partial charge in [-0.05, 0) is 30.3 Å². The number of furan rings is 1. The third-order valence-electron chi connectivity index (χ3n) is 1.93. The van der Waals surface area contributed by atoms with E-state index in [0.717, 1.165) is 6.07 Å². The molecule has 76 valence electrons. The van der Waals surface area contributed by atoms with E-state index in [0.29, 0.717) is 5.56 Å². The maximum atomic E-state index is 12.8. The van der Waals surface area contributed by atoms with Crippen molar-refractivity contribution < 1.29 is 13.6 Å². The summed E-state index contributed by atoms with van der Waals surface area (Å²) in [6.45, 7) is 0. The summed E-state index contributed by atoms with van der Waals surface area (Å²) in [6.07, 6.45) is 1.40. The average molecular weight is 225 g/mol. The minimum atomic E-state index is -0.548. The minimum absolute atomic E-state index is 0.0765. The summed E-state index contributed by atoms with van der Waals surface area (Å²) < 4.78 is 17.8. The number of halogens is 2. The van der Waals surface area contributed by atoms with E-state index >= 15 is 0 Å². The molecular weight excluding hydrogens is 219 g/mol. The Labute approximate surface area is 90.3 Å². The Hall–Kier alpha value is -1.61. The van der Waals surface area contributed by atoms with Crippen molar-refractivity contribution in [1.82, 2.24) is 0 Å². The van der Waals surface area contributed by atoms with Gasteiger partial charge in [0.1, 0.15) is 5.82 Å². The second-order valence-corrected chi connectivity index (χ2v) is 3.34. The zero-order valence-corrected chi connectivity index (χ0v) is 8.29. The van der Waals surface area contributed by atoms with Gasteiger partial charge in [-0.1, -0.05) is 11.6 Å². The van der Waals surface area contributed by atoms with Crippen molar-refractivity contribution in [3.05, 3.63) is 58.8 Å². The lowest BCUT2D eigenvalue weighted by molar-refractivity contribution is 0.101. The van der Waals surface area contributed by atoms with Gasteiger partial charge in [0.05, 0.1) is 11.3 Å². The fourth-order valence-electron chi connectivity index (χ4n) is 1.19. The first-order valence-corrected chi connectivity index (χ1v) is 4.59. The van der Waals surface area contributed by atoms with Crippen molar-refractivity contribution in [2.75, 3.05) is 0 Å². The van der Waals surface area contributed by atoms with Crippen molar-refractivity contribution in [2.24, 2.45) is 0 Å². The number of ketones is 1. The molecule has 0 aliphatic rings. The van der Waals surface area contributed by atoms with E-state index in [4.69, 9.17) is 16.0 Å². The largest absolute Gasteiger partial charge is 0.461 e. The van der Waals surface area contributed by atoms with E-state index in [1.807, 2.05) is 0 Å². The highest BCUT2D eigenvalue weighted by Crippen LogP contribution is 2.18. The van der Waals surface area contributed by atoms with Gasteiger partial charge in [0.15, 0.2) is 5.76 Å². The Morgan fingerprint density at radius 3 is 2.73 bits per heavy atom. The lowest BCUT2D eigenvalue weighted by Gasteiger charge is -1.99. The van der Waals surface area contributed by atoms with Crippen LogP contribution in [0.3, 0.4) is 0 Å². The minimum Gasteiger partial charge on any atom is -0.461 e. The van der Waals surface area contributed by atoms with Crippen LogP contribution in [0.25, 0.3) is 0 Å². The van der Waals surface area contributed by atoms with E-state index in [9.17, 15) is 9.18 Å². The second kappa shape index (κ2) is 3.87. The highest BCUT2D eigenvalue weighted by molar-refractivity contribution is 6.31. The number of benzene rings is 1. The Balaban J connectivity index is 2.39. The van der Waals surface area contributed by atoms with E-state index in [-0.39, 0.29) is 16.6 Å². The standard InChI is InChI=1S/C11H6ClFO2/c12-8-6-7(3-4-9(8)13)11(14)10-2-1-5-15-10/h1-6H. The van der Waals surface area contributed by atoms with Gasteiger partial charge in [-0.15, -0.1) is 0 Å². The van der Waals surface area contributed by atoms with Crippen LogP contribution < -0.4 is 0 Å². The van der Waals surface area contributed by atoms with Crippen molar-refractivity contribution in [3.63, 3.8) is 0 Å². The van der Waals surface area contributed by atoms with Gasteiger partial charge in [-0.25, -0.2) is 4.39 Å². The number of carbonyl (C=O) groups is 1. The van der Waals surface area contributed by atoms with Crippen LogP contribution >= 0.6 is 11.6 Å². The Bertz CT molecular complexity index is 491. The van der Waals surface area contributed by atoms with Crippen LogP contribution in [0.1, 0.15) is 16.1 Å². The molecule has 0 aliphatic heterocycles. The van der Waals surface area contributed by atoms with E-state index in [2.05, 4.69) is 0 Å². The van der Waals surface area contributed by atoms with Gasteiger partial charge >= 0.3 is 0 Å². The van der Waals surface area contributed by atoms with Gasteiger partial charge in [-0.3, -0.25) is 4.79 Å². The quantitative estimate of drug-likeness (QED) is 0.733. The van der Waals surface area contributed by atoms with Crippen LogP contribution in [0.15, 0.2) is 41.0 Å². The van der Waals surface area contributed by atoms with Gasteiger partial charge in [-0.2, -0.15) is 0 Å². The monoisotopic (exact) mass is 224 g/mol. The molecule has 0 radical (unpaired) electrons. The van der Waals surface area contributed by atoms with Crippen molar-refractivity contribution in [2.45, 2.75) is 0 Å². The normalized spacial score (nSPS) is 10.3. The maximum Gasteiger partial charge on any atom is 0.228 e. The molecule has 0 saturated heterocycles. The SMILES string of the molecule is O=C(c1ccc(F)c(Cl)c1)c1ccco1. The third kappa shape index (κ3) is 1.92. The molecule has 0 aliphatic carbocycles. The summed E-state index contributed by atoms with van der Waals surface area (Å²) in [5.74, 6) is -0.660. The van der Waals surface area contributed by atoms with Gasteiger partial charge < -0.3 is 4.42 Å². The lowest BCUT2D eigenvalue weighted by Crippen LogP contribution is -1.99. The molecule has 0 unspecified atom stereocenters. The van der Waals surface area contributed by atoms with Gasteiger partial charge in [0, 0.05) is 5.56 Å². The highest BCUT2D eigenvalue weighted by Gasteiger charge is 2.13. The molecule has 0 N–H and O–H groups in total. The molecule has 0 spiro atoms. The van der Waals surface area contributed by atoms with Crippen molar-refractivity contribution in [3.8, 4) is 0 Å². The predicted molar refractivity (Wildman–Crippen MR) is 53.6 cm³/mol. The predicted octanol–water partition coefficient (Wildman–Crippen LogP) is 3.30. The van der Waals surface area contributed by atoms with Gasteiger partial charge in [0.2, 0.25) is 5.78 Å². The lowest BCUT2D eigenvalue weighted by atomic mass is 10.1. The van der Waals surface area contributed by atoms with Crippen LogP contribution in [0, 0.1) is 5.82 Å². The second-order valence-electron chi connectivity index (χ2n) is 2.94. The fraction of sp³-hybridized carbons (Fsp3) is 0. The van der Waals surface area contributed by atoms with Crippen LogP contribution in [-0.4, -0.2) is 5.78 Å². The molecule has 2 nitrogen and oxygen atoms in total. The first kappa shape index (κ1) is 9.93. The van der Waals surface area contributed by atoms with E-state index in [1.54, 1.807) is 12.1 Å². The fourth-order valence-corrected chi connectivity index (χ4v) is 1.37. The summed E-state index contributed by atoms with van der Waals surface area (Å²) in [6, 6.07) is 6.95. The zero-order valence-electron chi connectivity index (χ0n) is 7.54. The van der Waals surface area contributed by atoms with Crippen molar-refractivity contribution in [1.29, 1.82) is 0 Å². The molecule has 0 amide bonds. The molecule has 0 saturated carbocycles. The van der Waals surface area contributed by atoms with E-state index in [1.165, 1.54) is 18.4 Å². The van der Waals surface area contributed by atoms with E-state index < -0.39 is 5.82 Å². The topological polar surface area (TPSA) is 30.2 Å². The first-order valence-electron chi connectivity index (χ1n) is 4.22. The molecule has 2 rings (SSSR count). The molecule has 0 atom stereocenters. The summed E-state index contributed by atoms with van der Waals surface area (Å²) in [5, 5.41) is -0.0765. The summed E-state index contributed by atoms with van der Waals surface area (Å²) in [4.78, 5) is 11.7. The zero-order chi connectivity index (χ0) is 10.8. The van der Waals surface area contributed by atoms with Gasteiger partial charge in [0.25, 0.3) is 0 Å². The smallest absolute Gasteiger partial charge is 0.228 e. The summed E-state index contributed by atoms with van der Waals surface area (Å²) >= 11 is 5.56. The number of rotatable bonds is 2. The molecule has 1 aromatic heterocycles. The molecule has 4 heteroatoms. The Kier molecular flexibility index (Phi) is 2.56. The third-order valence-corrected chi connectivity index (χ3v) is 2.22. The summed E-state index contributed by atoms with van der Waals surface area (Å²) in [5.41, 5.74) is 0.302. The van der Waals surface area contributed by atoms with Crippen LogP contribution in [0.5, 0.6) is 0 Å². The number of carbonyl (C=O) groups excluding carboxylic acids is 1. The van der Waals surface area contributed by atoms with Crippen molar-refractivity contribution >= 4 is 17.4 Å². The molecule has 1 aromatic carbocycles. The Morgan fingerprint density at radius 1 is 1.33 bits per heavy atom. The molecular formula is C11H6ClFO2. The number of hydrogen-bond donors (Lipinski definition) is 0. The molecule has 1 heterocycles. The van der Waals surface area contributed by atoms with Crippen LogP contribution in [0.4, 0.5) is 4.39 Å². The summed E-state index contributed by atoms with van der Waals surface area (Å²) in [7, 11) is 0. The van der Waals surface area contributed by atoms with Crippen LogP contribution in [0.2, 0.25) is 5.02 Å². The molecule has 2 aromatic rings. The Morgan fingerprint density at radius 2 is 2.13 bits per heavy atom. The van der Waals surface area contributed by atoms with Crippen LogP contribution in [-0.2, 0) is 0 Å². The molecule has 0 bridgehead atoms. The maximum absolute atomic E-state index is 12.8. The average Bonchev–Trinajstić information content (AvgIpc) is 2.74.